The number of unbranched alkanes of at least 4 members (excludes halogenated alkanes) is 12. The Morgan fingerprint density at radius 3 is 2.10 bits per heavy atom. The van der Waals surface area contributed by atoms with Crippen molar-refractivity contribution in [1.29, 1.82) is 0 Å². The lowest BCUT2D eigenvalue weighted by Gasteiger charge is -2.30. The van der Waals surface area contributed by atoms with E-state index in [4.69, 9.17) is 23.6 Å². The number of carboxylic acid groups (broad SMARTS) is 1. The molecule has 18 heteroatoms. The van der Waals surface area contributed by atoms with E-state index in [1.165, 1.54) is 57.8 Å². The van der Waals surface area contributed by atoms with Crippen molar-refractivity contribution in [2.75, 3.05) is 26.4 Å². The van der Waals surface area contributed by atoms with Crippen LogP contribution in [0.1, 0.15) is 146 Å². The average Bonchev–Trinajstić information content (AvgIpc) is 3.72. The van der Waals surface area contributed by atoms with E-state index in [0.717, 1.165) is 33.8 Å². The zero-order valence-electron chi connectivity index (χ0n) is 34.4. The van der Waals surface area contributed by atoms with Crippen molar-refractivity contribution in [3.8, 4) is 0 Å². The largest absolute Gasteiger partial charge is 0.737 e. The Bertz CT molecular complexity index is 1680. The number of aliphatic carboxylic acids is 1. The van der Waals surface area contributed by atoms with Crippen LogP contribution in [0.4, 0.5) is 8.63 Å². The van der Waals surface area contributed by atoms with E-state index in [2.05, 4.69) is 12.2 Å². The maximum Gasteiger partial charge on any atom is 0.737 e. The fourth-order valence-corrected chi connectivity index (χ4v) is 7.83. The number of ether oxygens (including phenoxy) is 2. The number of carbonyl (C=O) groups excluding carboxylic acids is 3. The van der Waals surface area contributed by atoms with E-state index in [1.807, 2.05) is 0 Å². The number of esters is 2. The minimum atomic E-state index is -4.74. The third-order valence-corrected chi connectivity index (χ3v) is 11.1. The van der Waals surface area contributed by atoms with Crippen molar-refractivity contribution in [2.45, 2.75) is 149 Å². The summed E-state index contributed by atoms with van der Waals surface area (Å²) >= 11 is 0. The molecule has 1 amide bonds. The number of allylic oxidation sites excluding steroid dienone is 2. The molecule has 0 aromatic carbocycles. The third kappa shape index (κ3) is 16.9. The first-order valence-electron chi connectivity index (χ1n) is 20.9. The van der Waals surface area contributed by atoms with E-state index < -0.39 is 64.5 Å². The molecule has 0 bridgehead atoms. The van der Waals surface area contributed by atoms with Crippen molar-refractivity contribution in [2.24, 2.45) is 0 Å². The van der Waals surface area contributed by atoms with Gasteiger partial charge in [-0.1, -0.05) is 84.0 Å². The SMILES string of the molecule is CCCCCCCCCCCCCCCC(=O)OCC(COP(=O)(O)OCCNC(=O)CCC1=[N+]2C(=Cc3c(C)cc(C)n3[B-]2(F)F)C=C1)OC(=O)CCCC(=O)O. The Balaban J connectivity index is 1.36. The quantitative estimate of drug-likeness (QED) is 0.0286. The van der Waals surface area contributed by atoms with Gasteiger partial charge in [0.15, 0.2) is 11.8 Å². The molecule has 1 aromatic heterocycles. The van der Waals surface area contributed by atoms with E-state index in [1.54, 1.807) is 38.1 Å². The van der Waals surface area contributed by atoms with Gasteiger partial charge in [-0.2, -0.15) is 0 Å². The van der Waals surface area contributed by atoms with Gasteiger partial charge in [0.1, 0.15) is 12.3 Å². The highest BCUT2D eigenvalue weighted by molar-refractivity contribution is 7.47. The van der Waals surface area contributed by atoms with Gasteiger partial charge in [-0.3, -0.25) is 28.2 Å². The number of rotatable bonds is 31. The van der Waals surface area contributed by atoms with E-state index in [-0.39, 0.29) is 50.8 Å². The molecule has 0 saturated heterocycles. The molecule has 0 spiro atoms. The van der Waals surface area contributed by atoms with Gasteiger partial charge in [0.25, 0.3) is 0 Å². The predicted molar refractivity (Wildman–Crippen MR) is 216 cm³/mol. The van der Waals surface area contributed by atoms with Crippen LogP contribution >= 0.6 is 7.82 Å². The molecule has 1 aromatic rings. The van der Waals surface area contributed by atoms with Crippen molar-refractivity contribution >= 4 is 50.4 Å². The lowest BCUT2D eigenvalue weighted by molar-refractivity contribution is -0.362. The number of carbonyl (C=O) groups is 4. The summed E-state index contributed by atoms with van der Waals surface area (Å²) in [5.41, 5.74) is 2.27. The van der Waals surface area contributed by atoms with E-state index >= 15 is 8.63 Å². The number of aromatic nitrogens is 1. The summed E-state index contributed by atoms with van der Waals surface area (Å²) in [5.74, 6) is -2.91. The third-order valence-electron chi connectivity index (χ3n) is 10.1. The predicted octanol–water partition coefficient (Wildman–Crippen LogP) is 7.93. The van der Waals surface area contributed by atoms with Crippen LogP contribution in [-0.2, 0) is 42.3 Å². The Morgan fingerprint density at radius 2 is 1.47 bits per heavy atom. The molecule has 2 unspecified atom stereocenters. The van der Waals surface area contributed by atoms with Crippen molar-refractivity contribution in [3.05, 3.63) is 40.9 Å². The number of hydrogen-bond donors (Lipinski definition) is 3. The lowest BCUT2D eigenvalue weighted by Crippen LogP contribution is -2.50. The van der Waals surface area contributed by atoms with Crippen LogP contribution in [0.2, 0.25) is 0 Å². The van der Waals surface area contributed by atoms with Crippen LogP contribution in [-0.4, -0.2) is 87.9 Å². The van der Waals surface area contributed by atoms with Gasteiger partial charge in [0.05, 0.1) is 13.2 Å². The second-order valence-corrected chi connectivity index (χ2v) is 16.5. The van der Waals surface area contributed by atoms with Crippen LogP contribution in [0.15, 0.2) is 23.9 Å². The number of halogens is 2. The Hall–Kier alpha value is -3.66. The minimum absolute atomic E-state index is 0.00159. The van der Waals surface area contributed by atoms with Gasteiger partial charge in [-0.15, -0.1) is 0 Å². The number of phosphoric ester groups is 1. The molecular formula is C40H63BF2N3O11P. The molecule has 3 N–H and O–H groups in total. The highest BCUT2D eigenvalue weighted by Crippen LogP contribution is 2.43. The second kappa shape index (κ2) is 25.1. The summed E-state index contributed by atoms with van der Waals surface area (Å²) in [6.07, 6.45) is 18.2. The molecule has 326 valence electrons. The highest BCUT2D eigenvalue weighted by atomic mass is 31.2. The monoisotopic (exact) mass is 841 g/mol. The smallest absolute Gasteiger partial charge is 0.481 e. The molecular weight excluding hydrogens is 778 g/mol. The molecule has 3 rings (SSSR count). The van der Waals surface area contributed by atoms with Crippen molar-refractivity contribution in [3.63, 3.8) is 0 Å². The molecule has 58 heavy (non-hydrogen) atoms. The number of nitrogens with zero attached hydrogens (tertiary/aromatic N) is 2. The standard InChI is InChI=1S/C40H63BF2N3O11P/c1-4-5-6-7-8-9-10-11-12-13-14-15-16-19-39(50)54-29-35(57-40(51)20-17-18-38(48)49)30-56-58(52,53)55-26-25-44-37(47)24-23-33-21-22-34-28-36-31(2)27-32(3)45(36)41(42,43)46(33)34/h21-22,27-28,35H,4-20,23-26,29-30H2,1-3H3,(H,44,47)(H,48,49)(H,52,53). The van der Waals surface area contributed by atoms with E-state index in [0.29, 0.717) is 23.5 Å². The highest BCUT2D eigenvalue weighted by Gasteiger charge is 2.52. The topological polar surface area (TPSA) is 183 Å². The van der Waals surface area contributed by atoms with Gasteiger partial charge in [-0.25, -0.2) is 4.57 Å². The summed E-state index contributed by atoms with van der Waals surface area (Å²) in [5, 5.41) is 11.4. The number of nitrogens with one attached hydrogen (secondary N) is 1. The average molecular weight is 842 g/mol. The first-order valence-corrected chi connectivity index (χ1v) is 22.4. The lowest BCUT2D eigenvalue weighted by atomic mass is 9.90. The summed E-state index contributed by atoms with van der Waals surface area (Å²) in [7, 11) is -4.74. The van der Waals surface area contributed by atoms with Crippen LogP contribution in [0.25, 0.3) is 6.08 Å². The zero-order chi connectivity index (χ0) is 42.6. The summed E-state index contributed by atoms with van der Waals surface area (Å²) in [6, 6.07) is 1.71. The van der Waals surface area contributed by atoms with Crippen LogP contribution in [0.5, 0.6) is 0 Å². The molecule has 0 aliphatic carbocycles. The summed E-state index contributed by atoms with van der Waals surface area (Å²) < 4.78 is 66.3. The Kier molecular flexibility index (Phi) is 21.1. The van der Waals surface area contributed by atoms with Crippen molar-refractivity contribution < 1.29 is 65.4 Å². The Labute approximate surface area is 341 Å². The number of carboxylic acids is 1. The first-order chi connectivity index (χ1) is 27.6. The maximum absolute atomic E-state index is 15.6. The fourth-order valence-electron chi connectivity index (χ4n) is 7.08. The van der Waals surface area contributed by atoms with Gasteiger partial charge < -0.3 is 42.4 Å². The number of aryl methyl sites for hydroxylation is 2. The fraction of sp³-hybridized carbons (Fsp3) is 0.675. The van der Waals surface area contributed by atoms with Gasteiger partial charge >= 0.3 is 32.7 Å². The molecule has 2 atom stereocenters. The number of hydrogen-bond acceptors (Lipinski definition) is 9. The summed E-state index contributed by atoms with van der Waals surface area (Å²) in [6.45, 7) is -0.317. The van der Waals surface area contributed by atoms with Gasteiger partial charge in [-0.05, 0) is 44.0 Å². The van der Waals surface area contributed by atoms with Crippen LogP contribution in [0, 0.1) is 13.8 Å². The number of amides is 1. The molecule has 3 heterocycles. The molecule has 14 nitrogen and oxygen atoms in total. The summed E-state index contributed by atoms with van der Waals surface area (Å²) in [4.78, 5) is 58.3. The van der Waals surface area contributed by atoms with Crippen LogP contribution < -0.4 is 5.32 Å². The molecule has 0 radical (unpaired) electrons. The van der Waals surface area contributed by atoms with Crippen LogP contribution in [0.3, 0.4) is 0 Å². The van der Waals surface area contributed by atoms with Gasteiger partial charge in [0.2, 0.25) is 5.91 Å². The molecule has 2 aliphatic heterocycles. The minimum Gasteiger partial charge on any atom is -0.481 e. The Morgan fingerprint density at radius 1 is 0.845 bits per heavy atom. The molecule has 2 aliphatic rings. The maximum atomic E-state index is 15.6. The normalized spacial score (nSPS) is 15.7. The zero-order valence-corrected chi connectivity index (χ0v) is 35.3. The number of fused-ring (bicyclic) bond motifs is 2. The first kappa shape index (κ1) is 48.7. The molecule has 0 saturated carbocycles. The van der Waals surface area contributed by atoms with E-state index in [9.17, 15) is 28.6 Å². The van der Waals surface area contributed by atoms with Gasteiger partial charge in [0, 0.05) is 62.6 Å². The number of phosphoric acid groups is 1. The second-order valence-electron chi connectivity index (χ2n) is 15.1. The van der Waals surface area contributed by atoms with Crippen molar-refractivity contribution in [1.82, 2.24) is 9.79 Å². The molecule has 0 fully saturated rings.